The van der Waals surface area contributed by atoms with Crippen LogP contribution in [0.2, 0.25) is 0 Å². The maximum absolute atomic E-state index is 11.0. The number of nitrogens with one attached hydrogen (secondary N) is 2. The van der Waals surface area contributed by atoms with Gasteiger partial charge in [-0.1, -0.05) is 18.2 Å². The zero-order chi connectivity index (χ0) is 16.8. The fourth-order valence-electron chi connectivity index (χ4n) is 1.87. The Balaban J connectivity index is 0.00000529. The number of hydrogen-bond donors (Lipinski definition) is 2. The van der Waals surface area contributed by atoms with Gasteiger partial charge in [0.2, 0.25) is 0 Å². The van der Waals surface area contributed by atoms with Gasteiger partial charge in [-0.3, -0.25) is 9.79 Å². The van der Waals surface area contributed by atoms with Crippen LogP contribution in [0.5, 0.6) is 0 Å². The lowest BCUT2D eigenvalue weighted by atomic mass is 10.2. The van der Waals surface area contributed by atoms with E-state index in [0.29, 0.717) is 13.0 Å². The number of rotatable bonds is 10. The Labute approximate surface area is 166 Å². The van der Waals surface area contributed by atoms with Gasteiger partial charge in [0.15, 0.2) is 5.96 Å². The van der Waals surface area contributed by atoms with E-state index in [0.717, 1.165) is 37.6 Å². The van der Waals surface area contributed by atoms with Crippen LogP contribution in [0, 0.1) is 0 Å². The molecule has 2 N–H and O–H groups in total. The Bertz CT molecular complexity index is 472. The first-order valence-corrected chi connectivity index (χ1v) is 9.01. The van der Waals surface area contributed by atoms with Gasteiger partial charge in [0.1, 0.15) is 0 Å². The number of aliphatic imine (C=N–C) groups is 1. The molecular weight excluding hydrogens is 437 g/mol. The lowest BCUT2D eigenvalue weighted by Gasteiger charge is -2.11. The minimum Gasteiger partial charge on any atom is -0.469 e. The average molecular weight is 465 g/mol. The molecule has 0 aliphatic carbocycles. The van der Waals surface area contributed by atoms with Crippen molar-refractivity contribution in [2.24, 2.45) is 4.99 Å². The Kier molecular flexibility index (Phi) is 14.9. The third kappa shape index (κ3) is 11.6. The molecule has 0 radical (unpaired) electrons. The van der Waals surface area contributed by atoms with Crippen molar-refractivity contribution in [2.45, 2.75) is 31.1 Å². The highest BCUT2D eigenvalue weighted by Gasteiger charge is 2.00. The number of thioether (sulfide) groups is 1. The second-order valence-electron chi connectivity index (χ2n) is 4.88. The summed E-state index contributed by atoms with van der Waals surface area (Å²) in [6.07, 6.45) is 2.15. The first kappa shape index (κ1) is 23.0. The van der Waals surface area contributed by atoms with Gasteiger partial charge < -0.3 is 15.4 Å². The van der Waals surface area contributed by atoms with Crippen LogP contribution in [-0.4, -0.2) is 44.4 Å². The van der Waals surface area contributed by atoms with E-state index in [2.05, 4.69) is 44.6 Å². The van der Waals surface area contributed by atoms with E-state index in [9.17, 15) is 4.79 Å². The van der Waals surface area contributed by atoms with Crippen LogP contribution in [-0.2, 0) is 9.53 Å². The standard InChI is InChI=1S/C17H27N3O2S.HI/c1-3-18-17(19-12-8-7-11-16(21)22-2)20-13-14-23-15-9-5-4-6-10-15;/h4-6,9-10H,3,7-8,11-14H2,1-2H3,(H2,18,19,20);1H. The number of halogens is 1. The van der Waals surface area contributed by atoms with Crippen molar-refractivity contribution >= 4 is 47.7 Å². The summed E-state index contributed by atoms with van der Waals surface area (Å²) in [5.74, 6) is 1.66. The van der Waals surface area contributed by atoms with Crippen LogP contribution < -0.4 is 10.6 Å². The van der Waals surface area contributed by atoms with Gasteiger partial charge in [-0.05, 0) is 31.9 Å². The minimum atomic E-state index is -0.156. The molecule has 0 heterocycles. The van der Waals surface area contributed by atoms with Crippen LogP contribution >= 0.6 is 35.7 Å². The quantitative estimate of drug-likeness (QED) is 0.139. The molecule has 1 aromatic rings. The van der Waals surface area contributed by atoms with E-state index in [1.165, 1.54) is 12.0 Å². The van der Waals surface area contributed by atoms with Crippen LogP contribution in [0.25, 0.3) is 0 Å². The highest BCUT2D eigenvalue weighted by atomic mass is 127. The number of benzene rings is 1. The molecule has 0 saturated heterocycles. The van der Waals surface area contributed by atoms with Crippen molar-refractivity contribution in [3.63, 3.8) is 0 Å². The summed E-state index contributed by atoms with van der Waals surface area (Å²) in [5, 5.41) is 6.56. The number of hydrogen-bond acceptors (Lipinski definition) is 4. The predicted molar refractivity (Wildman–Crippen MR) is 112 cm³/mol. The number of nitrogens with zero attached hydrogens (tertiary/aromatic N) is 1. The summed E-state index contributed by atoms with van der Waals surface area (Å²) in [4.78, 5) is 16.8. The topological polar surface area (TPSA) is 62.7 Å². The van der Waals surface area contributed by atoms with Gasteiger partial charge in [0.25, 0.3) is 0 Å². The Morgan fingerprint density at radius 3 is 2.62 bits per heavy atom. The SMILES string of the molecule is CCNC(=NCCCCC(=O)OC)NCCSc1ccccc1.I. The zero-order valence-corrected chi connectivity index (χ0v) is 17.6. The molecule has 5 nitrogen and oxygen atoms in total. The summed E-state index contributed by atoms with van der Waals surface area (Å²) in [6.45, 7) is 4.44. The van der Waals surface area contributed by atoms with Crippen molar-refractivity contribution in [1.29, 1.82) is 0 Å². The third-order valence-corrected chi connectivity index (χ3v) is 4.05. The van der Waals surface area contributed by atoms with Crippen LogP contribution in [0.3, 0.4) is 0 Å². The number of ether oxygens (including phenoxy) is 1. The van der Waals surface area contributed by atoms with Gasteiger partial charge in [-0.2, -0.15) is 0 Å². The Hall–Kier alpha value is -0.960. The molecule has 0 spiro atoms. The normalized spacial score (nSPS) is 10.7. The summed E-state index contributed by atoms with van der Waals surface area (Å²) in [7, 11) is 1.42. The van der Waals surface area contributed by atoms with E-state index in [-0.39, 0.29) is 29.9 Å². The average Bonchev–Trinajstić information content (AvgIpc) is 2.58. The Morgan fingerprint density at radius 1 is 1.21 bits per heavy atom. The lowest BCUT2D eigenvalue weighted by molar-refractivity contribution is -0.140. The number of carbonyl (C=O) groups excluding carboxylic acids is 1. The van der Waals surface area contributed by atoms with E-state index >= 15 is 0 Å². The molecule has 0 aliphatic rings. The number of esters is 1. The van der Waals surface area contributed by atoms with Gasteiger partial charge in [0.05, 0.1) is 7.11 Å². The molecule has 0 unspecified atom stereocenters. The maximum atomic E-state index is 11.0. The molecule has 7 heteroatoms. The third-order valence-electron chi connectivity index (χ3n) is 3.04. The first-order chi connectivity index (χ1) is 11.3. The molecule has 1 rings (SSSR count). The lowest BCUT2D eigenvalue weighted by Crippen LogP contribution is -2.38. The smallest absolute Gasteiger partial charge is 0.305 e. The van der Waals surface area contributed by atoms with Crippen LogP contribution in [0.15, 0.2) is 40.2 Å². The summed E-state index contributed by atoms with van der Waals surface area (Å²) in [6, 6.07) is 10.4. The van der Waals surface area contributed by atoms with E-state index in [1.807, 2.05) is 24.8 Å². The van der Waals surface area contributed by atoms with Gasteiger partial charge in [0, 0.05) is 36.7 Å². The molecule has 136 valence electrons. The van der Waals surface area contributed by atoms with Crippen molar-refractivity contribution in [3.05, 3.63) is 30.3 Å². The number of guanidine groups is 1. The second kappa shape index (κ2) is 15.6. The van der Waals surface area contributed by atoms with Crippen LogP contribution in [0.4, 0.5) is 0 Å². The molecule has 0 aliphatic heterocycles. The first-order valence-electron chi connectivity index (χ1n) is 8.03. The monoisotopic (exact) mass is 465 g/mol. The van der Waals surface area contributed by atoms with Gasteiger partial charge in [-0.25, -0.2) is 0 Å². The van der Waals surface area contributed by atoms with Crippen molar-refractivity contribution in [2.75, 3.05) is 32.5 Å². The highest BCUT2D eigenvalue weighted by molar-refractivity contribution is 14.0. The molecule has 0 aromatic heterocycles. The summed E-state index contributed by atoms with van der Waals surface area (Å²) in [5.41, 5.74) is 0. The summed E-state index contributed by atoms with van der Waals surface area (Å²) >= 11 is 1.82. The van der Waals surface area contributed by atoms with Crippen LogP contribution in [0.1, 0.15) is 26.2 Å². The number of unbranched alkanes of at least 4 members (excludes halogenated alkanes) is 1. The minimum absolute atomic E-state index is 0. The van der Waals surface area contributed by atoms with E-state index < -0.39 is 0 Å². The highest BCUT2D eigenvalue weighted by Crippen LogP contribution is 2.15. The van der Waals surface area contributed by atoms with E-state index in [4.69, 9.17) is 0 Å². The Morgan fingerprint density at radius 2 is 1.96 bits per heavy atom. The van der Waals surface area contributed by atoms with Crippen molar-refractivity contribution in [1.82, 2.24) is 10.6 Å². The van der Waals surface area contributed by atoms with Crippen molar-refractivity contribution < 1.29 is 9.53 Å². The van der Waals surface area contributed by atoms with Crippen molar-refractivity contribution in [3.8, 4) is 0 Å². The zero-order valence-electron chi connectivity index (χ0n) is 14.4. The predicted octanol–water partition coefficient (Wildman–Crippen LogP) is 3.30. The fraction of sp³-hybridized carbons (Fsp3) is 0.529. The fourth-order valence-corrected chi connectivity index (χ4v) is 2.66. The largest absolute Gasteiger partial charge is 0.469 e. The molecule has 0 bridgehead atoms. The molecule has 0 atom stereocenters. The van der Waals surface area contributed by atoms with Gasteiger partial charge in [-0.15, -0.1) is 35.7 Å². The molecule has 0 fully saturated rings. The molecule has 0 saturated carbocycles. The molecular formula is C17H28IN3O2S. The summed E-state index contributed by atoms with van der Waals surface area (Å²) < 4.78 is 4.62. The second-order valence-corrected chi connectivity index (χ2v) is 6.05. The van der Waals surface area contributed by atoms with Gasteiger partial charge >= 0.3 is 5.97 Å². The van der Waals surface area contributed by atoms with E-state index in [1.54, 1.807) is 0 Å². The maximum Gasteiger partial charge on any atom is 0.305 e. The number of carbonyl (C=O) groups is 1. The molecule has 24 heavy (non-hydrogen) atoms. The molecule has 0 amide bonds. The number of methoxy groups -OCH3 is 1. The molecule has 1 aromatic carbocycles.